The van der Waals surface area contributed by atoms with Gasteiger partial charge in [-0.15, -0.1) is 0 Å². The molecule has 0 radical (unpaired) electrons. The number of hydrogen-bond acceptors (Lipinski definition) is 7. The van der Waals surface area contributed by atoms with Crippen molar-refractivity contribution in [2.45, 2.75) is 6.92 Å². The molecule has 0 saturated carbocycles. The molecular weight excluding hydrogens is 535 g/mol. The van der Waals surface area contributed by atoms with E-state index >= 15 is 0 Å². The molecule has 3 amide bonds. The predicted molar refractivity (Wildman–Crippen MR) is 146 cm³/mol. The Kier molecular flexibility index (Phi) is 10.3. The zero-order chi connectivity index (χ0) is 27.5. The van der Waals surface area contributed by atoms with Crippen molar-refractivity contribution in [1.29, 1.82) is 0 Å². The SMILES string of the molecule is CCOc1ccccc1NC(=O)C(=O)N/N=C\c1cc(Cl)c(OCC(=O)Nc2ccc(Cl)cc2)c(OC)c1. The van der Waals surface area contributed by atoms with Crippen LogP contribution < -0.4 is 30.3 Å². The summed E-state index contributed by atoms with van der Waals surface area (Å²) in [5.41, 5.74) is 3.49. The second kappa shape index (κ2) is 13.9. The minimum absolute atomic E-state index is 0.140. The number of methoxy groups -OCH3 is 1. The van der Waals surface area contributed by atoms with Gasteiger partial charge in [0.15, 0.2) is 18.1 Å². The smallest absolute Gasteiger partial charge is 0.329 e. The summed E-state index contributed by atoms with van der Waals surface area (Å²) in [6.45, 7) is 1.87. The van der Waals surface area contributed by atoms with E-state index in [1.807, 2.05) is 0 Å². The third kappa shape index (κ3) is 8.12. The molecule has 0 aliphatic heterocycles. The lowest BCUT2D eigenvalue weighted by Gasteiger charge is -2.13. The van der Waals surface area contributed by atoms with E-state index in [4.69, 9.17) is 37.4 Å². The summed E-state index contributed by atoms with van der Waals surface area (Å²) in [6.07, 6.45) is 1.27. The molecule has 3 N–H and O–H groups in total. The van der Waals surface area contributed by atoms with Gasteiger partial charge in [0.2, 0.25) is 0 Å². The lowest BCUT2D eigenvalue weighted by Crippen LogP contribution is -2.32. The van der Waals surface area contributed by atoms with Gasteiger partial charge in [-0.25, -0.2) is 5.43 Å². The van der Waals surface area contributed by atoms with Gasteiger partial charge in [0.25, 0.3) is 5.91 Å². The fourth-order valence-corrected chi connectivity index (χ4v) is 3.47. The summed E-state index contributed by atoms with van der Waals surface area (Å²) in [4.78, 5) is 36.6. The summed E-state index contributed by atoms with van der Waals surface area (Å²) in [7, 11) is 1.40. The van der Waals surface area contributed by atoms with Gasteiger partial charge >= 0.3 is 11.8 Å². The number of para-hydroxylation sites is 2. The van der Waals surface area contributed by atoms with Gasteiger partial charge in [-0.3, -0.25) is 14.4 Å². The van der Waals surface area contributed by atoms with Gasteiger partial charge < -0.3 is 24.8 Å². The average molecular weight is 559 g/mol. The van der Waals surface area contributed by atoms with Crippen LogP contribution in [0.1, 0.15) is 12.5 Å². The maximum Gasteiger partial charge on any atom is 0.329 e. The standard InChI is InChI=1S/C26H24Cl2N4O6/c1-3-37-21-7-5-4-6-20(21)31-25(34)26(35)32-29-14-16-12-19(28)24(22(13-16)36-2)38-15-23(33)30-18-10-8-17(27)9-11-18/h4-14H,3,15H2,1-2H3,(H,30,33)(H,31,34)(H,32,35)/b29-14-. The number of carbonyl (C=O) groups is 3. The number of carbonyl (C=O) groups excluding carboxylic acids is 3. The number of ether oxygens (including phenoxy) is 3. The lowest BCUT2D eigenvalue weighted by atomic mass is 10.2. The van der Waals surface area contributed by atoms with Gasteiger partial charge in [0.1, 0.15) is 5.75 Å². The van der Waals surface area contributed by atoms with E-state index in [1.54, 1.807) is 55.5 Å². The maximum atomic E-state index is 12.2. The van der Waals surface area contributed by atoms with Crippen LogP contribution in [-0.2, 0) is 14.4 Å². The fourth-order valence-electron chi connectivity index (χ4n) is 3.07. The molecule has 10 nitrogen and oxygen atoms in total. The summed E-state index contributed by atoms with van der Waals surface area (Å²) < 4.78 is 16.3. The van der Waals surface area contributed by atoms with Gasteiger partial charge in [-0.1, -0.05) is 35.3 Å². The number of rotatable bonds is 10. The van der Waals surface area contributed by atoms with Crippen LogP contribution >= 0.6 is 23.2 Å². The van der Waals surface area contributed by atoms with E-state index in [0.29, 0.717) is 34.3 Å². The maximum absolute atomic E-state index is 12.2. The molecule has 0 aliphatic rings. The van der Waals surface area contributed by atoms with E-state index in [-0.39, 0.29) is 23.1 Å². The number of anilines is 2. The number of halogens is 2. The lowest BCUT2D eigenvalue weighted by molar-refractivity contribution is -0.136. The zero-order valence-corrected chi connectivity index (χ0v) is 21.9. The normalized spacial score (nSPS) is 10.5. The van der Waals surface area contributed by atoms with Crippen LogP contribution in [0.15, 0.2) is 65.8 Å². The quantitative estimate of drug-likeness (QED) is 0.191. The molecule has 0 fully saturated rings. The summed E-state index contributed by atoms with van der Waals surface area (Å²) in [6, 6.07) is 16.4. The Morgan fingerprint density at radius 3 is 2.37 bits per heavy atom. The Labute approximate surface area is 228 Å². The van der Waals surface area contributed by atoms with E-state index in [1.165, 1.54) is 25.5 Å². The minimum Gasteiger partial charge on any atom is -0.493 e. The van der Waals surface area contributed by atoms with Gasteiger partial charge in [0.05, 0.1) is 30.6 Å². The largest absolute Gasteiger partial charge is 0.493 e. The number of nitrogens with zero attached hydrogens (tertiary/aromatic N) is 1. The van der Waals surface area contributed by atoms with Crippen molar-refractivity contribution in [3.05, 3.63) is 76.3 Å². The Balaban J connectivity index is 1.58. The van der Waals surface area contributed by atoms with Crippen molar-refractivity contribution in [2.75, 3.05) is 31.0 Å². The van der Waals surface area contributed by atoms with Gasteiger partial charge in [-0.2, -0.15) is 5.10 Å². The topological polar surface area (TPSA) is 127 Å². The minimum atomic E-state index is -0.989. The molecule has 198 valence electrons. The Hall–Kier alpha value is -4.28. The Morgan fingerprint density at radius 1 is 0.921 bits per heavy atom. The molecule has 12 heteroatoms. The highest BCUT2D eigenvalue weighted by atomic mass is 35.5. The highest BCUT2D eigenvalue weighted by Gasteiger charge is 2.16. The van der Waals surface area contributed by atoms with Gasteiger partial charge in [-0.05, 0) is 61.0 Å². The zero-order valence-electron chi connectivity index (χ0n) is 20.4. The highest BCUT2D eigenvalue weighted by Crippen LogP contribution is 2.36. The van der Waals surface area contributed by atoms with Crippen molar-refractivity contribution in [3.63, 3.8) is 0 Å². The molecule has 3 aromatic rings. The van der Waals surface area contributed by atoms with Crippen LogP contribution in [0, 0.1) is 0 Å². The first-order valence-corrected chi connectivity index (χ1v) is 12.0. The molecule has 3 aromatic carbocycles. The predicted octanol–water partition coefficient (Wildman–Crippen LogP) is 4.51. The van der Waals surface area contributed by atoms with E-state index in [0.717, 1.165) is 0 Å². The third-order valence-electron chi connectivity index (χ3n) is 4.75. The molecule has 3 rings (SSSR count). The second-order valence-corrected chi connectivity index (χ2v) is 8.30. The number of hydrogen-bond donors (Lipinski definition) is 3. The van der Waals surface area contributed by atoms with Crippen LogP contribution in [0.3, 0.4) is 0 Å². The first kappa shape index (κ1) is 28.3. The number of amides is 3. The van der Waals surface area contributed by atoms with Crippen LogP contribution in [-0.4, -0.2) is 44.3 Å². The van der Waals surface area contributed by atoms with Crippen molar-refractivity contribution < 1.29 is 28.6 Å². The molecular formula is C26H24Cl2N4O6. The van der Waals surface area contributed by atoms with Crippen LogP contribution in [0.25, 0.3) is 0 Å². The number of benzene rings is 3. The van der Waals surface area contributed by atoms with Crippen molar-refractivity contribution in [2.24, 2.45) is 5.10 Å². The van der Waals surface area contributed by atoms with Crippen LogP contribution in [0.2, 0.25) is 10.0 Å². The monoisotopic (exact) mass is 558 g/mol. The molecule has 0 saturated heterocycles. The molecule has 0 aromatic heterocycles. The Morgan fingerprint density at radius 2 is 1.66 bits per heavy atom. The van der Waals surface area contributed by atoms with Gasteiger partial charge in [0, 0.05) is 10.7 Å². The van der Waals surface area contributed by atoms with E-state index in [9.17, 15) is 14.4 Å². The Bertz CT molecular complexity index is 1330. The second-order valence-electron chi connectivity index (χ2n) is 7.46. The molecule has 0 aliphatic carbocycles. The van der Waals surface area contributed by atoms with E-state index < -0.39 is 17.7 Å². The fraction of sp³-hybridized carbons (Fsp3) is 0.154. The van der Waals surface area contributed by atoms with E-state index in [2.05, 4.69) is 21.2 Å². The molecule has 0 unspecified atom stereocenters. The van der Waals surface area contributed by atoms with Crippen molar-refractivity contribution in [1.82, 2.24) is 5.43 Å². The molecule has 0 bridgehead atoms. The first-order valence-electron chi connectivity index (χ1n) is 11.2. The number of hydrazone groups is 1. The first-order chi connectivity index (χ1) is 18.3. The highest BCUT2D eigenvalue weighted by molar-refractivity contribution is 6.39. The molecule has 0 heterocycles. The summed E-state index contributed by atoms with van der Waals surface area (Å²) >= 11 is 12.2. The number of nitrogens with one attached hydrogen (secondary N) is 3. The van der Waals surface area contributed by atoms with Crippen LogP contribution in [0.4, 0.5) is 11.4 Å². The van der Waals surface area contributed by atoms with Crippen molar-refractivity contribution >= 4 is 58.5 Å². The van der Waals surface area contributed by atoms with Crippen LogP contribution in [0.5, 0.6) is 17.2 Å². The molecule has 38 heavy (non-hydrogen) atoms. The van der Waals surface area contributed by atoms with Crippen molar-refractivity contribution in [3.8, 4) is 17.2 Å². The average Bonchev–Trinajstić information content (AvgIpc) is 2.90. The third-order valence-corrected chi connectivity index (χ3v) is 5.28. The summed E-state index contributed by atoms with van der Waals surface area (Å²) in [5, 5.41) is 9.62. The molecule has 0 atom stereocenters. The molecule has 0 spiro atoms. The summed E-state index contributed by atoms with van der Waals surface area (Å²) in [5.74, 6) is -1.52.